The van der Waals surface area contributed by atoms with E-state index in [0.29, 0.717) is 6.42 Å². The fourth-order valence-electron chi connectivity index (χ4n) is 3.24. The highest BCUT2D eigenvalue weighted by Crippen LogP contribution is 2.34. The number of aryl methyl sites for hydroxylation is 1. The number of nitrogens with zero attached hydrogens (tertiary/aromatic N) is 2. The Hall–Kier alpha value is -2.88. The Bertz CT molecular complexity index is 880. The average molecular weight is 318 g/mol. The van der Waals surface area contributed by atoms with Crippen LogP contribution < -0.4 is 4.74 Å². The van der Waals surface area contributed by atoms with Gasteiger partial charge in [-0.2, -0.15) is 5.10 Å². The summed E-state index contributed by atoms with van der Waals surface area (Å²) < 4.78 is 7.14. The van der Waals surface area contributed by atoms with E-state index in [0.717, 1.165) is 46.8 Å². The number of methoxy groups -OCH3 is 1. The topological polar surface area (TPSA) is 44.1 Å². The van der Waals surface area contributed by atoms with Gasteiger partial charge in [-0.1, -0.05) is 18.2 Å². The molecule has 24 heavy (non-hydrogen) atoms. The number of ketones is 1. The number of aromatic nitrogens is 2. The van der Waals surface area contributed by atoms with Crippen LogP contribution in [0.1, 0.15) is 28.9 Å². The SMILES string of the molecule is COc1ccc(-c2c3c(nn2-c2ccccc2)CCCC3=O)cc1. The van der Waals surface area contributed by atoms with Gasteiger partial charge in [0.15, 0.2) is 5.78 Å². The van der Waals surface area contributed by atoms with E-state index in [4.69, 9.17) is 9.84 Å². The van der Waals surface area contributed by atoms with Gasteiger partial charge >= 0.3 is 0 Å². The lowest BCUT2D eigenvalue weighted by atomic mass is 9.92. The second kappa shape index (κ2) is 5.96. The molecule has 120 valence electrons. The Morgan fingerprint density at radius 3 is 2.46 bits per heavy atom. The number of para-hydroxylation sites is 1. The maximum Gasteiger partial charge on any atom is 0.166 e. The van der Waals surface area contributed by atoms with E-state index in [1.54, 1.807) is 7.11 Å². The van der Waals surface area contributed by atoms with Gasteiger partial charge in [0.2, 0.25) is 0 Å². The molecule has 0 unspecified atom stereocenters. The normalized spacial score (nSPS) is 13.6. The number of Topliss-reactive ketones (excluding diaryl/α,β-unsaturated/α-hetero) is 1. The molecule has 1 aromatic heterocycles. The van der Waals surface area contributed by atoms with Gasteiger partial charge in [0.1, 0.15) is 5.75 Å². The number of hydrogen-bond donors (Lipinski definition) is 0. The molecule has 2 aromatic carbocycles. The van der Waals surface area contributed by atoms with Crippen molar-refractivity contribution in [3.63, 3.8) is 0 Å². The largest absolute Gasteiger partial charge is 0.497 e. The Labute approximate surface area is 140 Å². The molecule has 0 amide bonds. The van der Waals surface area contributed by atoms with Crippen molar-refractivity contribution in [3.8, 4) is 22.7 Å². The van der Waals surface area contributed by atoms with Gasteiger partial charge in [-0.25, -0.2) is 4.68 Å². The van der Waals surface area contributed by atoms with Crippen molar-refractivity contribution in [1.29, 1.82) is 0 Å². The molecule has 0 bridgehead atoms. The number of fused-ring (bicyclic) bond motifs is 1. The van der Waals surface area contributed by atoms with Crippen molar-refractivity contribution < 1.29 is 9.53 Å². The Morgan fingerprint density at radius 2 is 1.75 bits per heavy atom. The molecule has 4 rings (SSSR count). The van der Waals surface area contributed by atoms with Gasteiger partial charge < -0.3 is 4.74 Å². The second-order valence-electron chi connectivity index (χ2n) is 5.92. The predicted molar refractivity (Wildman–Crippen MR) is 92.8 cm³/mol. The maximum absolute atomic E-state index is 12.6. The van der Waals surface area contributed by atoms with Gasteiger partial charge in [0, 0.05) is 12.0 Å². The maximum atomic E-state index is 12.6. The van der Waals surface area contributed by atoms with E-state index in [1.165, 1.54) is 0 Å². The fourth-order valence-corrected chi connectivity index (χ4v) is 3.24. The van der Waals surface area contributed by atoms with Crippen molar-refractivity contribution in [1.82, 2.24) is 9.78 Å². The van der Waals surface area contributed by atoms with Gasteiger partial charge in [-0.15, -0.1) is 0 Å². The summed E-state index contributed by atoms with van der Waals surface area (Å²) in [5.41, 5.74) is 4.49. The molecule has 4 heteroatoms. The molecule has 0 radical (unpaired) electrons. The summed E-state index contributed by atoms with van der Waals surface area (Å²) in [5.74, 6) is 0.981. The number of rotatable bonds is 3. The van der Waals surface area contributed by atoms with Crippen LogP contribution in [-0.4, -0.2) is 22.7 Å². The molecule has 4 nitrogen and oxygen atoms in total. The fraction of sp³-hybridized carbons (Fsp3) is 0.200. The van der Waals surface area contributed by atoms with Gasteiger partial charge in [0.25, 0.3) is 0 Å². The van der Waals surface area contributed by atoms with Crippen LogP contribution in [0.3, 0.4) is 0 Å². The predicted octanol–water partition coefficient (Wildman–Crippen LogP) is 4.07. The zero-order valence-corrected chi connectivity index (χ0v) is 13.5. The quantitative estimate of drug-likeness (QED) is 0.731. The second-order valence-corrected chi connectivity index (χ2v) is 5.92. The molecule has 1 heterocycles. The summed E-state index contributed by atoms with van der Waals surface area (Å²) >= 11 is 0. The molecule has 3 aromatic rings. The lowest BCUT2D eigenvalue weighted by Crippen LogP contribution is -2.10. The minimum atomic E-state index is 0.184. The van der Waals surface area contributed by atoms with Crippen LogP contribution in [0.25, 0.3) is 16.9 Å². The van der Waals surface area contributed by atoms with E-state index in [2.05, 4.69) is 0 Å². The smallest absolute Gasteiger partial charge is 0.166 e. The minimum absolute atomic E-state index is 0.184. The Morgan fingerprint density at radius 1 is 1.00 bits per heavy atom. The third-order valence-electron chi connectivity index (χ3n) is 4.42. The zero-order chi connectivity index (χ0) is 16.5. The summed E-state index contributed by atoms with van der Waals surface area (Å²) in [5, 5.41) is 4.75. The highest BCUT2D eigenvalue weighted by molar-refractivity contribution is 6.03. The highest BCUT2D eigenvalue weighted by Gasteiger charge is 2.28. The number of ether oxygens (including phenoxy) is 1. The molecule has 0 N–H and O–H groups in total. The Kier molecular flexibility index (Phi) is 3.65. The number of benzene rings is 2. The molecule has 0 fully saturated rings. The minimum Gasteiger partial charge on any atom is -0.497 e. The van der Waals surface area contributed by atoms with E-state index < -0.39 is 0 Å². The highest BCUT2D eigenvalue weighted by atomic mass is 16.5. The van der Waals surface area contributed by atoms with Crippen molar-refractivity contribution in [2.45, 2.75) is 19.3 Å². The summed E-state index contributed by atoms with van der Waals surface area (Å²) in [6, 6.07) is 17.8. The van der Waals surface area contributed by atoms with Crippen molar-refractivity contribution in [2.75, 3.05) is 7.11 Å². The zero-order valence-electron chi connectivity index (χ0n) is 13.5. The first kappa shape index (κ1) is 14.7. The number of hydrogen-bond acceptors (Lipinski definition) is 3. The molecule has 0 saturated heterocycles. The molecule has 0 atom stereocenters. The average Bonchev–Trinajstić information content (AvgIpc) is 3.03. The van der Waals surface area contributed by atoms with E-state index >= 15 is 0 Å². The molecule has 1 aliphatic carbocycles. The van der Waals surface area contributed by atoms with Gasteiger partial charge in [-0.05, 0) is 49.2 Å². The van der Waals surface area contributed by atoms with Gasteiger partial charge in [-0.3, -0.25) is 4.79 Å². The van der Waals surface area contributed by atoms with Crippen molar-refractivity contribution in [2.24, 2.45) is 0 Å². The van der Waals surface area contributed by atoms with E-state index in [1.807, 2.05) is 59.3 Å². The molecule has 0 saturated carbocycles. The van der Waals surface area contributed by atoms with Crippen LogP contribution in [0.15, 0.2) is 54.6 Å². The third-order valence-corrected chi connectivity index (χ3v) is 4.42. The van der Waals surface area contributed by atoms with Crippen LogP contribution in [0.5, 0.6) is 5.75 Å². The molecular formula is C20H18N2O2. The summed E-state index contributed by atoms with van der Waals surface area (Å²) in [7, 11) is 1.65. The first-order chi connectivity index (χ1) is 11.8. The first-order valence-electron chi connectivity index (χ1n) is 8.13. The standard InChI is InChI=1S/C20H18N2O2/c1-24-16-12-10-14(11-13-16)20-19-17(8-5-9-18(19)23)21-22(20)15-6-3-2-4-7-15/h2-4,6-7,10-13H,5,8-9H2,1H3. The molecule has 1 aliphatic rings. The van der Waals surface area contributed by atoms with Crippen LogP contribution >= 0.6 is 0 Å². The summed E-state index contributed by atoms with van der Waals surface area (Å²) in [6.07, 6.45) is 2.32. The van der Waals surface area contributed by atoms with Crippen molar-refractivity contribution in [3.05, 3.63) is 65.9 Å². The van der Waals surface area contributed by atoms with E-state index in [9.17, 15) is 4.79 Å². The first-order valence-corrected chi connectivity index (χ1v) is 8.13. The van der Waals surface area contributed by atoms with E-state index in [-0.39, 0.29) is 5.78 Å². The third kappa shape index (κ3) is 2.40. The lowest BCUT2D eigenvalue weighted by molar-refractivity contribution is 0.0973. The van der Waals surface area contributed by atoms with Gasteiger partial charge in [0.05, 0.1) is 29.7 Å². The van der Waals surface area contributed by atoms with Crippen LogP contribution in [-0.2, 0) is 6.42 Å². The number of carbonyl (C=O) groups is 1. The summed E-state index contributed by atoms with van der Waals surface area (Å²) in [4.78, 5) is 12.6. The van der Waals surface area contributed by atoms with Crippen LogP contribution in [0.2, 0.25) is 0 Å². The van der Waals surface area contributed by atoms with Crippen molar-refractivity contribution >= 4 is 5.78 Å². The summed E-state index contributed by atoms with van der Waals surface area (Å²) in [6.45, 7) is 0. The Balaban J connectivity index is 1.95. The molecular weight excluding hydrogens is 300 g/mol. The lowest BCUT2D eigenvalue weighted by Gasteiger charge is -2.12. The van der Waals surface area contributed by atoms with Crippen LogP contribution in [0, 0.1) is 0 Å². The molecule has 0 aliphatic heterocycles. The molecule has 0 spiro atoms. The van der Waals surface area contributed by atoms with Crippen LogP contribution in [0.4, 0.5) is 0 Å². The number of carbonyl (C=O) groups excluding carboxylic acids is 1. The monoisotopic (exact) mass is 318 g/mol.